The molecule has 2 unspecified atom stereocenters. The van der Waals surface area contributed by atoms with Gasteiger partial charge in [-0.1, -0.05) is 57.9 Å². The van der Waals surface area contributed by atoms with E-state index in [9.17, 15) is 0 Å². The van der Waals surface area contributed by atoms with Crippen LogP contribution in [0.25, 0.3) is 0 Å². The van der Waals surface area contributed by atoms with Gasteiger partial charge in [0.05, 0.1) is 0 Å². The van der Waals surface area contributed by atoms with Crippen LogP contribution in [0.3, 0.4) is 0 Å². The summed E-state index contributed by atoms with van der Waals surface area (Å²) < 4.78 is 1.18. The first kappa shape index (κ1) is 15.1. The minimum absolute atomic E-state index is 0.438. The lowest BCUT2D eigenvalue weighted by Crippen LogP contribution is -2.34. The number of benzene rings is 2. The smallest absolute Gasteiger partial charge is 0.0441 e. The molecule has 21 heavy (non-hydrogen) atoms. The number of hydrogen-bond acceptors (Lipinski definition) is 1. The average molecular weight is 365 g/mol. The van der Waals surface area contributed by atoms with Crippen LogP contribution in [0.5, 0.6) is 0 Å². The number of halogens is 2. The Balaban J connectivity index is 1.98. The van der Waals surface area contributed by atoms with Crippen molar-refractivity contribution in [1.29, 1.82) is 0 Å². The Morgan fingerprint density at radius 2 is 1.95 bits per heavy atom. The summed E-state index contributed by atoms with van der Waals surface area (Å²) in [5.41, 5.74) is 3.97. The van der Waals surface area contributed by atoms with Crippen molar-refractivity contribution < 1.29 is 0 Å². The molecule has 0 spiro atoms. The number of aryl methyl sites for hydroxylation is 1. The molecule has 3 heteroatoms. The second kappa shape index (κ2) is 6.51. The zero-order chi connectivity index (χ0) is 14.8. The molecule has 1 heterocycles. The van der Waals surface area contributed by atoms with Gasteiger partial charge in [0.25, 0.3) is 0 Å². The minimum Gasteiger partial charge on any atom is -0.316 e. The summed E-state index contributed by atoms with van der Waals surface area (Å²) in [6.07, 6.45) is 1.15. The molecule has 0 bridgehead atoms. The van der Waals surface area contributed by atoms with Crippen LogP contribution in [0.4, 0.5) is 0 Å². The summed E-state index contributed by atoms with van der Waals surface area (Å²) in [7, 11) is 0. The van der Waals surface area contributed by atoms with E-state index < -0.39 is 0 Å². The fraction of sp³-hybridized carbons (Fsp3) is 0.333. The predicted molar refractivity (Wildman–Crippen MR) is 93.3 cm³/mol. The van der Waals surface area contributed by atoms with Gasteiger partial charge >= 0.3 is 0 Å². The monoisotopic (exact) mass is 363 g/mol. The average Bonchev–Trinajstić information content (AvgIpc) is 2.51. The van der Waals surface area contributed by atoms with Crippen LogP contribution >= 0.6 is 27.5 Å². The lowest BCUT2D eigenvalue weighted by Gasteiger charge is -2.33. The van der Waals surface area contributed by atoms with Crippen LogP contribution in [0.15, 0.2) is 46.9 Å². The summed E-state index contributed by atoms with van der Waals surface area (Å²) in [4.78, 5) is 0. The third-order valence-corrected chi connectivity index (χ3v) is 5.63. The second-order valence-corrected chi connectivity index (χ2v) is 7.00. The van der Waals surface area contributed by atoms with E-state index in [2.05, 4.69) is 58.5 Å². The van der Waals surface area contributed by atoms with Gasteiger partial charge in [-0.05, 0) is 54.6 Å². The fourth-order valence-corrected chi connectivity index (χ4v) is 3.78. The molecule has 2 aromatic carbocycles. The van der Waals surface area contributed by atoms with Crippen molar-refractivity contribution in [2.45, 2.75) is 25.2 Å². The van der Waals surface area contributed by atoms with Gasteiger partial charge in [-0.25, -0.2) is 0 Å². The molecule has 0 aliphatic carbocycles. The van der Waals surface area contributed by atoms with E-state index in [-0.39, 0.29) is 0 Å². The molecule has 0 aromatic heterocycles. The molecular weight excluding hydrogens is 346 g/mol. The van der Waals surface area contributed by atoms with Crippen molar-refractivity contribution in [3.05, 3.63) is 68.7 Å². The molecule has 1 fully saturated rings. The van der Waals surface area contributed by atoms with Crippen LogP contribution in [0.2, 0.25) is 5.02 Å². The first-order chi connectivity index (χ1) is 10.2. The molecule has 1 nitrogen and oxygen atoms in total. The standard InChI is InChI=1S/C18H19BrClN/c1-12-10-13(6-7-17(12)19)14-8-9-21-11-16(14)15-4-2-3-5-18(15)20/h2-7,10,14,16,21H,8-9,11H2,1H3. The first-order valence-corrected chi connectivity index (χ1v) is 8.55. The van der Waals surface area contributed by atoms with Crippen molar-refractivity contribution >= 4 is 27.5 Å². The molecule has 1 aliphatic heterocycles. The maximum Gasteiger partial charge on any atom is 0.0441 e. The van der Waals surface area contributed by atoms with Crippen molar-refractivity contribution in [2.24, 2.45) is 0 Å². The molecule has 0 saturated carbocycles. The predicted octanol–water partition coefficient (Wildman–Crippen LogP) is 5.27. The molecular formula is C18H19BrClN. The van der Waals surface area contributed by atoms with E-state index in [0.29, 0.717) is 11.8 Å². The highest BCUT2D eigenvalue weighted by Crippen LogP contribution is 2.40. The van der Waals surface area contributed by atoms with Gasteiger partial charge in [0.1, 0.15) is 0 Å². The Morgan fingerprint density at radius 3 is 2.71 bits per heavy atom. The van der Waals surface area contributed by atoms with Crippen LogP contribution in [0.1, 0.15) is 34.9 Å². The van der Waals surface area contributed by atoms with Gasteiger partial charge in [0.15, 0.2) is 0 Å². The van der Waals surface area contributed by atoms with Crippen molar-refractivity contribution in [2.75, 3.05) is 13.1 Å². The van der Waals surface area contributed by atoms with E-state index >= 15 is 0 Å². The molecule has 3 rings (SSSR count). The van der Waals surface area contributed by atoms with Crippen LogP contribution in [-0.2, 0) is 0 Å². The van der Waals surface area contributed by atoms with E-state index in [1.165, 1.54) is 21.2 Å². The fourth-order valence-electron chi connectivity index (χ4n) is 3.26. The zero-order valence-corrected chi connectivity index (χ0v) is 14.4. The highest BCUT2D eigenvalue weighted by molar-refractivity contribution is 9.10. The minimum atomic E-state index is 0.438. The van der Waals surface area contributed by atoms with Crippen LogP contribution < -0.4 is 5.32 Å². The molecule has 0 amide bonds. The largest absolute Gasteiger partial charge is 0.316 e. The molecule has 2 aromatic rings. The Bertz CT molecular complexity index is 641. The van der Waals surface area contributed by atoms with Gasteiger partial charge in [0, 0.05) is 22.0 Å². The summed E-state index contributed by atoms with van der Waals surface area (Å²) >= 11 is 10.0. The maximum atomic E-state index is 6.43. The van der Waals surface area contributed by atoms with Crippen molar-refractivity contribution in [3.63, 3.8) is 0 Å². The molecule has 1 aliphatic rings. The molecule has 2 atom stereocenters. The number of piperidine rings is 1. The Kier molecular flexibility index (Phi) is 4.68. The summed E-state index contributed by atoms with van der Waals surface area (Å²) in [5, 5.41) is 4.40. The van der Waals surface area contributed by atoms with E-state index in [1.807, 2.05) is 12.1 Å². The van der Waals surface area contributed by atoms with Gasteiger partial charge in [-0.15, -0.1) is 0 Å². The molecule has 110 valence electrons. The molecule has 1 saturated heterocycles. The Morgan fingerprint density at radius 1 is 1.14 bits per heavy atom. The lowest BCUT2D eigenvalue weighted by molar-refractivity contribution is 0.404. The van der Waals surface area contributed by atoms with E-state index in [0.717, 1.165) is 24.5 Å². The van der Waals surface area contributed by atoms with Gasteiger partial charge < -0.3 is 5.32 Å². The van der Waals surface area contributed by atoms with Crippen molar-refractivity contribution in [3.8, 4) is 0 Å². The number of nitrogens with one attached hydrogen (secondary N) is 1. The Labute approximate surface area is 139 Å². The highest BCUT2D eigenvalue weighted by atomic mass is 79.9. The maximum absolute atomic E-state index is 6.43. The normalized spacial score (nSPS) is 22.2. The van der Waals surface area contributed by atoms with E-state index in [4.69, 9.17) is 11.6 Å². The zero-order valence-electron chi connectivity index (χ0n) is 12.1. The van der Waals surface area contributed by atoms with Gasteiger partial charge in [-0.2, -0.15) is 0 Å². The molecule has 1 N–H and O–H groups in total. The SMILES string of the molecule is Cc1cc(C2CCNCC2c2ccccc2Cl)ccc1Br. The molecule has 0 radical (unpaired) electrons. The third kappa shape index (κ3) is 3.18. The summed E-state index contributed by atoms with van der Waals surface area (Å²) in [5.74, 6) is 0.964. The number of rotatable bonds is 2. The van der Waals surface area contributed by atoms with Crippen molar-refractivity contribution in [1.82, 2.24) is 5.32 Å². The number of hydrogen-bond donors (Lipinski definition) is 1. The lowest BCUT2D eigenvalue weighted by atomic mass is 9.77. The quantitative estimate of drug-likeness (QED) is 0.765. The summed E-state index contributed by atoms with van der Waals surface area (Å²) in [6, 6.07) is 15.0. The topological polar surface area (TPSA) is 12.0 Å². The second-order valence-electron chi connectivity index (χ2n) is 5.74. The van der Waals surface area contributed by atoms with E-state index in [1.54, 1.807) is 0 Å². The highest BCUT2D eigenvalue weighted by Gasteiger charge is 2.29. The van der Waals surface area contributed by atoms with Gasteiger partial charge in [-0.3, -0.25) is 0 Å². The Hall–Kier alpha value is -0.830. The van der Waals surface area contributed by atoms with Gasteiger partial charge in [0.2, 0.25) is 0 Å². The van der Waals surface area contributed by atoms with Crippen LogP contribution in [-0.4, -0.2) is 13.1 Å². The summed E-state index contributed by atoms with van der Waals surface area (Å²) in [6.45, 7) is 4.21. The first-order valence-electron chi connectivity index (χ1n) is 7.38. The van der Waals surface area contributed by atoms with Crippen LogP contribution in [0, 0.1) is 6.92 Å². The third-order valence-electron chi connectivity index (χ3n) is 4.40.